The maximum atomic E-state index is 11.6. The SMILES string of the molecule is COc1ccc(O)c2c([C@@H]3O[C@H]([C@H](C)OCc4ccccc4)[C@@H](OCc4ccccc4)[C@@H]3OCc3ccccc3)ccc(OCc3ccccc3)c12. The van der Waals surface area contributed by atoms with Gasteiger partial charge in [-0.1, -0.05) is 127 Å². The summed E-state index contributed by atoms with van der Waals surface area (Å²) in [5, 5.41) is 12.8. The van der Waals surface area contributed by atoms with Gasteiger partial charge in [0.25, 0.3) is 0 Å². The molecule has 1 heterocycles. The van der Waals surface area contributed by atoms with E-state index < -0.39 is 24.4 Å². The summed E-state index contributed by atoms with van der Waals surface area (Å²) in [4.78, 5) is 0. The Morgan fingerprint density at radius 2 is 1.06 bits per heavy atom. The Bertz CT molecular complexity index is 2000. The summed E-state index contributed by atoms with van der Waals surface area (Å²) >= 11 is 0. The molecule has 1 aliphatic heterocycles. The van der Waals surface area contributed by atoms with Crippen molar-refractivity contribution in [2.75, 3.05) is 7.11 Å². The molecule has 52 heavy (non-hydrogen) atoms. The lowest BCUT2D eigenvalue weighted by atomic mass is 9.93. The predicted molar refractivity (Wildman–Crippen MR) is 201 cm³/mol. The van der Waals surface area contributed by atoms with Crippen molar-refractivity contribution in [3.05, 3.63) is 173 Å². The van der Waals surface area contributed by atoms with E-state index in [4.69, 9.17) is 28.4 Å². The third kappa shape index (κ3) is 8.14. The van der Waals surface area contributed by atoms with Crippen molar-refractivity contribution in [2.24, 2.45) is 0 Å². The van der Waals surface area contributed by atoms with Crippen LogP contribution in [0.25, 0.3) is 10.8 Å². The fraction of sp³-hybridized carbons (Fsp3) is 0.244. The van der Waals surface area contributed by atoms with Crippen molar-refractivity contribution in [2.45, 2.75) is 63.9 Å². The third-order valence-corrected chi connectivity index (χ3v) is 9.50. The van der Waals surface area contributed by atoms with Crippen molar-refractivity contribution in [3.63, 3.8) is 0 Å². The Labute approximate surface area is 305 Å². The van der Waals surface area contributed by atoms with Crippen LogP contribution in [0.2, 0.25) is 0 Å². The zero-order chi connectivity index (χ0) is 35.7. The normalized spacial score (nSPS) is 19.0. The highest BCUT2D eigenvalue weighted by Gasteiger charge is 2.50. The van der Waals surface area contributed by atoms with Gasteiger partial charge in [0.2, 0.25) is 0 Å². The molecule has 6 aromatic rings. The van der Waals surface area contributed by atoms with Gasteiger partial charge in [-0.3, -0.25) is 0 Å². The summed E-state index contributed by atoms with van der Waals surface area (Å²) in [5.74, 6) is 1.24. The van der Waals surface area contributed by atoms with Crippen LogP contribution in [-0.4, -0.2) is 36.6 Å². The monoisotopic (exact) mass is 696 g/mol. The van der Waals surface area contributed by atoms with Gasteiger partial charge in [0, 0.05) is 5.39 Å². The van der Waals surface area contributed by atoms with Crippen LogP contribution >= 0.6 is 0 Å². The number of phenols is 1. The number of rotatable bonds is 15. The highest BCUT2D eigenvalue weighted by Crippen LogP contribution is 2.48. The quantitative estimate of drug-likeness (QED) is 0.115. The van der Waals surface area contributed by atoms with Crippen LogP contribution < -0.4 is 9.47 Å². The summed E-state index contributed by atoms with van der Waals surface area (Å²) in [5.41, 5.74) is 4.90. The summed E-state index contributed by atoms with van der Waals surface area (Å²) in [7, 11) is 1.62. The number of phenolic OH excluding ortho intramolecular Hbond substituents is 1. The highest BCUT2D eigenvalue weighted by molar-refractivity contribution is 6.00. The molecule has 1 saturated heterocycles. The fourth-order valence-electron chi connectivity index (χ4n) is 6.82. The summed E-state index contributed by atoms with van der Waals surface area (Å²) in [6.07, 6.45) is -2.59. The molecule has 0 amide bonds. The molecule has 6 aromatic carbocycles. The zero-order valence-corrected chi connectivity index (χ0v) is 29.5. The van der Waals surface area contributed by atoms with E-state index in [1.54, 1.807) is 19.2 Å². The Balaban J connectivity index is 1.28. The molecule has 0 bridgehead atoms. The third-order valence-electron chi connectivity index (χ3n) is 9.50. The molecule has 7 heteroatoms. The number of methoxy groups -OCH3 is 1. The van der Waals surface area contributed by atoms with Gasteiger partial charge in [-0.15, -0.1) is 0 Å². The van der Waals surface area contributed by atoms with Crippen LogP contribution in [0.3, 0.4) is 0 Å². The van der Waals surface area contributed by atoms with Gasteiger partial charge in [-0.2, -0.15) is 0 Å². The van der Waals surface area contributed by atoms with E-state index in [1.165, 1.54) is 0 Å². The lowest BCUT2D eigenvalue weighted by Gasteiger charge is -2.28. The van der Waals surface area contributed by atoms with Crippen molar-refractivity contribution >= 4 is 10.8 Å². The van der Waals surface area contributed by atoms with Crippen molar-refractivity contribution < 1.29 is 33.5 Å². The average Bonchev–Trinajstić information content (AvgIpc) is 3.57. The molecule has 0 aliphatic carbocycles. The molecular weight excluding hydrogens is 652 g/mol. The molecule has 0 radical (unpaired) electrons. The first-order valence-corrected chi connectivity index (χ1v) is 17.7. The van der Waals surface area contributed by atoms with Gasteiger partial charge in [0.1, 0.15) is 48.3 Å². The van der Waals surface area contributed by atoms with Gasteiger partial charge >= 0.3 is 0 Å². The number of hydrogen-bond donors (Lipinski definition) is 1. The number of aromatic hydroxyl groups is 1. The smallest absolute Gasteiger partial charge is 0.131 e. The van der Waals surface area contributed by atoms with E-state index >= 15 is 0 Å². The van der Waals surface area contributed by atoms with Crippen LogP contribution in [0, 0.1) is 0 Å². The summed E-state index contributed by atoms with van der Waals surface area (Å²) in [6, 6.07) is 47.5. The van der Waals surface area contributed by atoms with E-state index in [0.29, 0.717) is 48.7 Å². The molecule has 266 valence electrons. The Hall–Kier alpha value is -5.18. The largest absolute Gasteiger partial charge is 0.507 e. The van der Waals surface area contributed by atoms with Crippen LogP contribution in [0.1, 0.15) is 40.8 Å². The first kappa shape index (κ1) is 35.2. The molecule has 0 saturated carbocycles. The molecule has 7 rings (SSSR count). The lowest BCUT2D eigenvalue weighted by molar-refractivity contribution is -0.115. The van der Waals surface area contributed by atoms with Crippen LogP contribution in [0.15, 0.2) is 146 Å². The number of hydrogen-bond acceptors (Lipinski definition) is 7. The van der Waals surface area contributed by atoms with Crippen LogP contribution in [-0.2, 0) is 45.4 Å². The molecule has 0 unspecified atom stereocenters. The van der Waals surface area contributed by atoms with E-state index in [1.807, 2.05) is 140 Å². The van der Waals surface area contributed by atoms with Crippen LogP contribution in [0.4, 0.5) is 0 Å². The molecule has 0 spiro atoms. The second-order valence-corrected chi connectivity index (χ2v) is 13.0. The molecule has 1 fully saturated rings. The number of benzene rings is 6. The molecule has 5 atom stereocenters. The molecule has 0 aromatic heterocycles. The van der Waals surface area contributed by atoms with Crippen molar-refractivity contribution in [1.29, 1.82) is 0 Å². The molecular formula is C45H44O7. The highest BCUT2D eigenvalue weighted by atomic mass is 16.6. The topological polar surface area (TPSA) is 75.6 Å². The van der Waals surface area contributed by atoms with Gasteiger partial charge < -0.3 is 33.5 Å². The molecule has 1 N–H and O–H groups in total. The standard InChI is InChI=1S/C45H44O7/c1-31(48-27-32-15-7-3-8-16-32)42-44(50-29-34-19-11-5-12-20-34)45(51-30-35-21-13-6-14-22-35)43(52-42)36-23-25-39(49-28-33-17-9-4-10-18-33)41-38(47-2)26-24-37(46)40(36)41/h3-26,31,42-46H,27-30H2,1-2H3/t31-,42+,43-,44+,45+/m0/s1. The Morgan fingerprint density at radius 1 is 0.558 bits per heavy atom. The van der Waals surface area contributed by atoms with E-state index in [9.17, 15) is 5.11 Å². The van der Waals surface area contributed by atoms with E-state index in [2.05, 4.69) is 0 Å². The summed E-state index contributed by atoms with van der Waals surface area (Å²) in [6.45, 7) is 3.49. The second kappa shape index (κ2) is 16.9. The maximum absolute atomic E-state index is 11.6. The fourth-order valence-corrected chi connectivity index (χ4v) is 6.82. The van der Waals surface area contributed by atoms with Gasteiger partial charge in [-0.05, 0) is 52.9 Å². The van der Waals surface area contributed by atoms with Gasteiger partial charge in [-0.25, -0.2) is 0 Å². The van der Waals surface area contributed by atoms with E-state index in [-0.39, 0.29) is 11.9 Å². The minimum absolute atomic E-state index is 0.0833. The van der Waals surface area contributed by atoms with Gasteiger partial charge in [0.05, 0.1) is 38.4 Å². The average molecular weight is 697 g/mol. The minimum atomic E-state index is -0.638. The molecule has 1 aliphatic rings. The second-order valence-electron chi connectivity index (χ2n) is 13.0. The maximum Gasteiger partial charge on any atom is 0.131 e. The van der Waals surface area contributed by atoms with Crippen molar-refractivity contribution in [1.82, 2.24) is 0 Å². The minimum Gasteiger partial charge on any atom is -0.507 e. The van der Waals surface area contributed by atoms with Crippen LogP contribution in [0.5, 0.6) is 17.2 Å². The van der Waals surface area contributed by atoms with Gasteiger partial charge in [0.15, 0.2) is 0 Å². The lowest BCUT2D eigenvalue weighted by Crippen LogP contribution is -2.41. The Morgan fingerprint density at radius 3 is 1.62 bits per heavy atom. The van der Waals surface area contributed by atoms with E-state index in [0.717, 1.165) is 27.8 Å². The predicted octanol–water partition coefficient (Wildman–Crippen LogP) is 9.35. The van der Waals surface area contributed by atoms with Crippen molar-refractivity contribution in [3.8, 4) is 17.2 Å². The number of ether oxygens (including phenoxy) is 6. The Kier molecular flexibility index (Phi) is 11.4. The number of fused-ring (bicyclic) bond motifs is 1. The molecule has 7 nitrogen and oxygen atoms in total. The first-order valence-electron chi connectivity index (χ1n) is 17.7. The first-order chi connectivity index (χ1) is 25.6. The zero-order valence-electron chi connectivity index (χ0n) is 29.5. The summed E-state index contributed by atoms with van der Waals surface area (Å²) < 4.78 is 39.4.